The second-order valence-corrected chi connectivity index (χ2v) is 6.11. The fourth-order valence-electron chi connectivity index (χ4n) is 3.42. The Bertz CT molecular complexity index is 1040. The summed E-state index contributed by atoms with van der Waals surface area (Å²) in [5, 5.41) is 3.14. The van der Waals surface area contributed by atoms with Crippen molar-refractivity contribution in [1.29, 1.82) is 0 Å². The molecule has 2 nitrogen and oxygen atoms in total. The Balaban J connectivity index is 1.92. The molecule has 1 aromatic heterocycles. The van der Waals surface area contributed by atoms with Crippen LogP contribution in [0.1, 0.15) is 29.3 Å². The lowest BCUT2D eigenvalue weighted by molar-refractivity contribution is 0.104. The highest BCUT2D eigenvalue weighted by molar-refractivity contribution is 6.21. The molecule has 0 aliphatic rings. The zero-order valence-corrected chi connectivity index (χ0v) is 13.7. The molecule has 4 rings (SSSR count). The minimum absolute atomic E-state index is 0.0952. The van der Waals surface area contributed by atoms with Crippen LogP contribution in [0.15, 0.2) is 72.9 Å². The second-order valence-electron chi connectivity index (χ2n) is 6.11. The molecule has 0 saturated carbocycles. The van der Waals surface area contributed by atoms with E-state index in [1.54, 1.807) is 0 Å². The second kappa shape index (κ2) is 5.97. The van der Waals surface area contributed by atoms with Crippen LogP contribution >= 0.6 is 0 Å². The van der Waals surface area contributed by atoms with Crippen molar-refractivity contribution >= 4 is 27.5 Å². The van der Waals surface area contributed by atoms with Crippen molar-refractivity contribution in [3.63, 3.8) is 0 Å². The van der Waals surface area contributed by atoms with Gasteiger partial charge in [-0.3, -0.25) is 4.79 Å². The van der Waals surface area contributed by atoms with E-state index in [1.807, 2.05) is 66.9 Å². The number of carbonyl (C=O) groups is 1. The minimum atomic E-state index is 0.0952. The molecule has 0 unspecified atom stereocenters. The van der Waals surface area contributed by atoms with Gasteiger partial charge in [0.1, 0.15) is 0 Å². The Hall–Kier alpha value is -2.87. The quantitative estimate of drug-likeness (QED) is 0.460. The van der Waals surface area contributed by atoms with Crippen LogP contribution in [0.25, 0.3) is 21.7 Å². The lowest BCUT2D eigenvalue weighted by Crippen LogP contribution is -2.02. The first-order valence-electron chi connectivity index (χ1n) is 8.40. The molecule has 0 aliphatic carbocycles. The highest BCUT2D eigenvalue weighted by Gasteiger charge is 2.18. The number of aromatic nitrogens is 1. The van der Waals surface area contributed by atoms with Gasteiger partial charge in [0.15, 0.2) is 5.78 Å². The summed E-state index contributed by atoms with van der Waals surface area (Å²) in [4.78, 5) is 13.3. The maximum absolute atomic E-state index is 13.3. The molecule has 118 valence electrons. The summed E-state index contributed by atoms with van der Waals surface area (Å²) in [5.74, 6) is 0.0952. The Morgan fingerprint density at radius 2 is 1.54 bits per heavy atom. The van der Waals surface area contributed by atoms with Crippen LogP contribution in [-0.4, -0.2) is 10.4 Å². The molecule has 0 aliphatic heterocycles. The molecule has 0 radical (unpaired) electrons. The fourth-order valence-corrected chi connectivity index (χ4v) is 3.42. The van der Waals surface area contributed by atoms with E-state index in [-0.39, 0.29) is 5.78 Å². The number of nitrogens with zero attached hydrogens (tertiary/aromatic N) is 1. The SMILES string of the molecule is CCCn1cc(C(=O)c2cccc3ccccc23)c2ccccc21. The molecular formula is C22H19NO. The van der Waals surface area contributed by atoms with Crippen molar-refractivity contribution in [1.82, 2.24) is 4.57 Å². The van der Waals surface area contributed by atoms with Crippen LogP contribution < -0.4 is 0 Å². The van der Waals surface area contributed by atoms with Gasteiger partial charge in [0, 0.05) is 34.8 Å². The number of benzene rings is 3. The van der Waals surface area contributed by atoms with Crippen molar-refractivity contribution < 1.29 is 4.79 Å². The molecule has 0 fully saturated rings. The number of carbonyl (C=O) groups excluding carboxylic acids is 1. The maximum atomic E-state index is 13.3. The van der Waals surface area contributed by atoms with Crippen LogP contribution in [0.2, 0.25) is 0 Å². The van der Waals surface area contributed by atoms with Gasteiger partial charge in [0.2, 0.25) is 0 Å². The lowest BCUT2D eigenvalue weighted by Gasteiger charge is -2.05. The van der Waals surface area contributed by atoms with Crippen molar-refractivity contribution in [2.75, 3.05) is 0 Å². The van der Waals surface area contributed by atoms with E-state index in [0.29, 0.717) is 0 Å². The molecule has 1 heterocycles. The number of fused-ring (bicyclic) bond motifs is 2. The topological polar surface area (TPSA) is 22.0 Å². The standard InChI is InChI=1S/C22H19NO/c1-2-14-23-15-20(18-11-5-6-13-21(18)23)22(24)19-12-7-9-16-8-3-4-10-17(16)19/h3-13,15H,2,14H2,1H3. The third-order valence-corrected chi connectivity index (χ3v) is 4.53. The Morgan fingerprint density at radius 3 is 2.38 bits per heavy atom. The van der Waals surface area contributed by atoms with Crippen molar-refractivity contribution in [3.05, 3.63) is 84.1 Å². The molecule has 4 aromatic rings. The number of para-hydroxylation sites is 1. The average molecular weight is 313 g/mol. The summed E-state index contributed by atoms with van der Waals surface area (Å²) in [5.41, 5.74) is 2.69. The smallest absolute Gasteiger partial charge is 0.195 e. The Labute approximate surface area is 141 Å². The van der Waals surface area contributed by atoms with Crippen LogP contribution in [0.4, 0.5) is 0 Å². The van der Waals surface area contributed by atoms with E-state index in [2.05, 4.69) is 17.6 Å². The van der Waals surface area contributed by atoms with E-state index in [0.717, 1.165) is 45.8 Å². The summed E-state index contributed by atoms with van der Waals surface area (Å²) in [6.45, 7) is 3.07. The van der Waals surface area contributed by atoms with Gasteiger partial charge in [0.05, 0.1) is 0 Å². The van der Waals surface area contributed by atoms with Crippen molar-refractivity contribution in [2.45, 2.75) is 19.9 Å². The van der Waals surface area contributed by atoms with Gasteiger partial charge in [-0.25, -0.2) is 0 Å². The van der Waals surface area contributed by atoms with Crippen LogP contribution in [0.3, 0.4) is 0 Å². The summed E-state index contributed by atoms with van der Waals surface area (Å²) in [6.07, 6.45) is 3.05. The van der Waals surface area contributed by atoms with Gasteiger partial charge in [-0.2, -0.15) is 0 Å². The fraction of sp³-hybridized carbons (Fsp3) is 0.136. The van der Waals surface area contributed by atoms with E-state index in [9.17, 15) is 4.79 Å². The van der Waals surface area contributed by atoms with Gasteiger partial charge in [0.25, 0.3) is 0 Å². The van der Waals surface area contributed by atoms with Crippen LogP contribution in [0.5, 0.6) is 0 Å². The molecule has 0 atom stereocenters. The lowest BCUT2D eigenvalue weighted by atomic mass is 9.97. The predicted octanol–water partition coefficient (Wildman–Crippen LogP) is 5.44. The first-order valence-corrected chi connectivity index (χ1v) is 8.40. The number of ketones is 1. The average Bonchev–Trinajstić information content (AvgIpc) is 3.00. The molecule has 0 saturated heterocycles. The molecule has 2 heteroatoms. The summed E-state index contributed by atoms with van der Waals surface area (Å²) >= 11 is 0. The molecule has 0 amide bonds. The molecular weight excluding hydrogens is 294 g/mol. The summed E-state index contributed by atoms with van der Waals surface area (Å²) < 4.78 is 2.19. The van der Waals surface area contributed by atoms with Crippen LogP contribution in [0, 0.1) is 0 Å². The number of aryl methyl sites for hydroxylation is 1. The third kappa shape index (κ3) is 2.31. The third-order valence-electron chi connectivity index (χ3n) is 4.53. The Morgan fingerprint density at radius 1 is 0.833 bits per heavy atom. The van der Waals surface area contributed by atoms with E-state index in [4.69, 9.17) is 0 Å². The van der Waals surface area contributed by atoms with Crippen molar-refractivity contribution in [2.24, 2.45) is 0 Å². The van der Waals surface area contributed by atoms with Gasteiger partial charge >= 0.3 is 0 Å². The molecule has 0 bridgehead atoms. The highest BCUT2D eigenvalue weighted by atomic mass is 16.1. The molecule has 0 spiro atoms. The highest BCUT2D eigenvalue weighted by Crippen LogP contribution is 2.27. The van der Waals surface area contributed by atoms with E-state index < -0.39 is 0 Å². The number of rotatable bonds is 4. The first kappa shape index (κ1) is 14.7. The van der Waals surface area contributed by atoms with Gasteiger partial charge in [-0.15, -0.1) is 0 Å². The van der Waals surface area contributed by atoms with Crippen LogP contribution in [-0.2, 0) is 6.54 Å². The van der Waals surface area contributed by atoms with Gasteiger partial charge in [-0.1, -0.05) is 67.6 Å². The largest absolute Gasteiger partial charge is 0.347 e. The zero-order chi connectivity index (χ0) is 16.5. The maximum Gasteiger partial charge on any atom is 0.195 e. The minimum Gasteiger partial charge on any atom is -0.347 e. The molecule has 24 heavy (non-hydrogen) atoms. The zero-order valence-electron chi connectivity index (χ0n) is 13.7. The van der Waals surface area contributed by atoms with Crippen molar-refractivity contribution in [3.8, 4) is 0 Å². The Kier molecular flexibility index (Phi) is 3.66. The molecule has 0 N–H and O–H groups in total. The predicted molar refractivity (Wildman–Crippen MR) is 99.6 cm³/mol. The van der Waals surface area contributed by atoms with E-state index >= 15 is 0 Å². The number of hydrogen-bond donors (Lipinski definition) is 0. The number of hydrogen-bond acceptors (Lipinski definition) is 1. The normalized spacial score (nSPS) is 11.2. The summed E-state index contributed by atoms with van der Waals surface area (Å²) in [6, 6.07) is 22.2. The monoisotopic (exact) mass is 313 g/mol. The molecule has 3 aromatic carbocycles. The summed E-state index contributed by atoms with van der Waals surface area (Å²) in [7, 11) is 0. The first-order chi connectivity index (χ1) is 11.8. The van der Waals surface area contributed by atoms with Gasteiger partial charge < -0.3 is 4.57 Å². The van der Waals surface area contributed by atoms with Gasteiger partial charge in [-0.05, 0) is 23.3 Å². The van der Waals surface area contributed by atoms with E-state index in [1.165, 1.54) is 0 Å².